The van der Waals surface area contributed by atoms with Crippen molar-refractivity contribution >= 4 is 37.8 Å². The standard InChI is InChI=1S/C10H14N4O2S3/c1-7-3-4-9(17-7)19(15,16)12-6-5-11-10-14-13-8(2)18-10/h3-4,12H,5-6H2,1-2H3,(H,11,14). The van der Waals surface area contributed by atoms with Gasteiger partial charge in [0.2, 0.25) is 15.2 Å². The predicted octanol–water partition coefficient (Wildman–Crippen LogP) is 1.61. The molecule has 0 fully saturated rings. The lowest BCUT2D eigenvalue weighted by molar-refractivity contribution is 0.585. The first-order valence-electron chi connectivity index (χ1n) is 5.57. The summed E-state index contributed by atoms with van der Waals surface area (Å²) in [6.45, 7) is 4.52. The first kappa shape index (κ1) is 14.4. The van der Waals surface area contributed by atoms with Crippen LogP contribution in [0.15, 0.2) is 16.3 Å². The fourth-order valence-corrected chi connectivity index (χ4v) is 4.33. The van der Waals surface area contributed by atoms with E-state index in [9.17, 15) is 8.42 Å². The van der Waals surface area contributed by atoms with E-state index in [-0.39, 0.29) is 0 Å². The van der Waals surface area contributed by atoms with Crippen molar-refractivity contribution in [3.63, 3.8) is 0 Å². The Hall–Kier alpha value is -1.03. The zero-order chi connectivity index (χ0) is 13.9. The van der Waals surface area contributed by atoms with Crippen LogP contribution in [0.25, 0.3) is 0 Å². The van der Waals surface area contributed by atoms with Crippen molar-refractivity contribution in [2.24, 2.45) is 0 Å². The smallest absolute Gasteiger partial charge is 0.250 e. The highest BCUT2D eigenvalue weighted by molar-refractivity contribution is 7.91. The lowest BCUT2D eigenvalue weighted by Crippen LogP contribution is -2.28. The highest BCUT2D eigenvalue weighted by atomic mass is 32.2. The molecule has 0 atom stereocenters. The zero-order valence-corrected chi connectivity index (χ0v) is 13.0. The lowest BCUT2D eigenvalue weighted by Gasteiger charge is -2.04. The fourth-order valence-electron chi connectivity index (χ4n) is 1.35. The van der Waals surface area contributed by atoms with Gasteiger partial charge in [-0.2, -0.15) is 0 Å². The Morgan fingerprint density at radius 1 is 1.16 bits per heavy atom. The number of thiophene rings is 1. The summed E-state index contributed by atoms with van der Waals surface area (Å²) in [6.07, 6.45) is 0. The fraction of sp³-hybridized carbons (Fsp3) is 0.400. The number of sulfonamides is 1. The molecule has 2 aromatic rings. The molecule has 0 saturated carbocycles. The van der Waals surface area contributed by atoms with E-state index in [1.807, 2.05) is 13.8 Å². The van der Waals surface area contributed by atoms with Gasteiger partial charge in [0.05, 0.1) is 0 Å². The summed E-state index contributed by atoms with van der Waals surface area (Å²) in [4.78, 5) is 0.975. The van der Waals surface area contributed by atoms with Gasteiger partial charge in [0.15, 0.2) is 0 Å². The molecule has 2 aromatic heterocycles. The third-order valence-corrected chi connectivity index (χ3v) is 5.95. The molecular weight excluding hydrogens is 304 g/mol. The van der Waals surface area contributed by atoms with Crippen molar-refractivity contribution in [2.75, 3.05) is 18.4 Å². The van der Waals surface area contributed by atoms with Crippen LogP contribution in [-0.4, -0.2) is 31.7 Å². The summed E-state index contributed by atoms with van der Waals surface area (Å²) in [6, 6.07) is 3.41. The van der Waals surface area contributed by atoms with Crippen LogP contribution in [0.2, 0.25) is 0 Å². The Morgan fingerprint density at radius 2 is 1.95 bits per heavy atom. The summed E-state index contributed by atoms with van der Waals surface area (Å²) in [5.74, 6) is 0. The molecular formula is C10H14N4O2S3. The molecule has 0 saturated heterocycles. The second-order valence-corrected chi connectivity index (χ2v) is 8.28. The second kappa shape index (κ2) is 5.95. The Bertz CT molecular complexity index is 647. The number of rotatable bonds is 6. The van der Waals surface area contributed by atoms with Crippen LogP contribution < -0.4 is 10.0 Å². The summed E-state index contributed by atoms with van der Waals surface area (Å²) in [7, 11) is -3.39. The van der Waals surface area contributed by atoms with E-state index >= 15 is 0 Å². The SMILES string of the molecule is Cc1ccc(S(=O)(=O)NCCNc2nnc(C)s2)s1. The minimum absolute atomic E-state index is 0.303. The number of nitrogens with one attached hydrogen (secondary N) is 2. The van der Waals surface area contributed by atoms with Crippen molar-refractivity contribution in [1.82, 2.24) is 14.9 Å². The first-order valence-corrected chi connectivity index (χ1v) is 8.69. The molecule has 0 amide bonds. The van der Waals surface area contributed by atoms with Gasteiger partial charge in [-0.3, -0.25) is 0 Å². The minimum atomic E-state index is -3.39. The van der Waals surface area contributed by atoms with E-state index in [1.54, 1.807) is 12.1 Å². The number of nitrogens with zero attached hydrogens (tertiary/aromatic N) is 2. The molecule has 0 aromatic carbocycles. The molecule has 0 aliphatic heterocycles. The van der Waals surface area contributed by atoms with Gasteiger partial charge in [0, 0.05) is 18.0 Å². The van der Waals surface area contributed by atoms with E-state index in [2.05, 4.69) is 20.2 Å². The summed E-state index contributed by atoms with van der Waals surface area (Å²) in [5.41, 5.74) is 0. The summed E-state index contributed by atoms with van der Waals surface area (Å²) in [5, 5.41) is 12.3. The lowest BCUT2D eigenvalue weighted by atomic mass is 10.5. The average molecular weight is 318 g/mol. The van der Waals surface area contributed by atoms with Crippen molar-refractivity contribution < 1.29 is 8.42 Å². The normalized spacial score (nSPS) is 11.7. The van der Waals surface area contributed by atoms with Gasteiger partial charge >= 0.3 is 0 Å². The van der Waals surface area contributed by atoms with Crippen LogP contribution in [0.1, 0.15) is 9.88 Å². The molecule has 19 heavy (non-hydrogen) atoms. The van der Waals surface area contributed by atoms with Crippen molar-refractivity contribution in [3.8, 4) is 0 Å². The largest absolute Gasteiger partial charge is 0.359 e. The maximum atomic E-state index is 11.9. The quantitative estimate of drug-likeness (QED) is 0.791. The number of aryl methyl sites for hydroxylation is 2. The van der Waals surface area contributed by atoms with Crippen LogP contribution >= 0.6 is 22.7 Å². The molecule has 0 bridgehead atoms. The van der Waals surface area contributed by atoms with E-state index in [4.69, 9.17) is 0 Å². The Kier molecular flexibility index (Phi) is 4.50. The van der Waals surface area contributed by atoms with Crippen LogP contribution in [0.5, 0.6) is 0 Å². The monoisotopic (exact) mass is 318 g/mol. The molecule has 2 heterocycles. The molecule has 2 N–H and O–H groups in total. The Balaban J connectivity index is 1.82. The molecule has 9 heteroatoms. The first-order chi connectivity index (χ1) is 8.97. The Labute approximate surface area is 119 Å². The summed E-state index contributed by atoms with van der Waals surface area (Å²) >= 11 is 2.70. The molecule has 2 rings (SSSR count). The van der Waals surface area contributed by atoms with Crippen LogP contribution in [-0.2, 0) is 10.0 Å². The molecule has 0 spiro atoms. The molecule has 0 radical (unpaired) electrons. The number of hydrogen-bond acceptors (Lipinski definition) is 7. The highest BCUT2D eigenvalue weighted by Gasteiger charge is 2.15. The van der Waals surface area contributed by atoms with Gasteiger partial charge in [0.25, 0.3) is 0 Å². The molecule has 104 valence electrons. The maximum absolute atomic E-state index is 11.9. The van der Waals surface area contributed by atoms with E-state index in [0.717, 1.165) is 9.88 Å². The second-order valence-electron chi connectivity index (χ2n) is 3.82. The topological polar surface area (TPSA) is 84.0 Å². The van der Waals surface area contributed by atoms with E-state index in [1.165, 1.54) is 22.7 Å². The number of anilines is 1. The molecule has 0 aliphatic carbocycles. The van der Waals surface area contributed by atoms with Gasteiger partial charge in [-0.25, -0.2) is 13.1 Å². The molecule has 0 unspecified atom stereocenters. The molecule has 6 nitrogen and oxygen atoms in total. The van der Waals surface area contributed by atoms with E-state index < -0.39 is 10.0 Å². The van der Waals surface area contributed by atoms with Crippen LogP contribution in [0.4, 0.5) is 5.13 Å². The minimum Gasteiger partial charge on any atom is -0.359 e. The highest BCUT2D eigenvalue weighted by Crippen LogP contribution is 2.20. The van der Waals surface area contributed by atoms with Gasteiger partial charge < -0.3 is 5.32 Å². The van der Waals surface area contributed by atoms with E-state index in [0.29, 0.717) is 22.4 Å². The van der Waals surface area contributed by atoms with Crippen molar-refractivity contribution in [3.05, 3.63) is 22.0 Å². The average Bonchev–Trinajstić information content (AvgIpc) is 2.94. The van der Waals surface area contributed by atoms with Crippen molar-refractivity contribution in [2.45, 2.75) is 18.1 Å². The number of aromatic nitrogens is 2. The maximum Gasteiger partial charge on any atom is 0.250 e. The summed E-state index contributed by atoms with van der Waals surface area (Å²) < 4.78 is 26.7. The Morgan fingerprint density at radius 3 is 2.53 bits per heavy atom. The third kappa shape index (κ3) is 3.96. The van der Waals surface area contributed by atoms with Gasteiger partial charge in [-0.15, -0.1) is 21.5 Å². The third-order valence-electron chi connectivity index (χ3n) is 2.20. The van der Waals surface area contributed by atoms with Crippen LogP contribution in [0, 0.1) is 13.8 Å². The zero-order valence-electron chi connectivity index (χ0n) is 10.5. The van der Waals surface area contributed by atoms with Gasteiger partial charge in [-0.1, -0.05) is 11.3 Å². The number of hydrogen-bond donors (Lipinski definition) is 2. The van der Waals surface area contributed by atoms with Gasteiger partial charge in [-0.05, 0) is 26.0 Å². The van der Waals surface area contributed by atoms with Gasteiger partial charge in [0.1, 0.15) is 9.22 Å². The van der Waals surface area contributed by atoms with Crippen molar-refractivity contribution in [1.29, 1.82) is 0 Å². The molecule has 0 aliphatic rings. The van der Waals surface area contributed by atoms with Crippen LogP contribution in [0.3, 0.4) is 0 Å². The predicted molar refractivity (Wildman–Crippen MR) is 77.4 cm³/mol.